The van der Waals surface area contributed by atoms with Crippen LogP contribution in [-0.4, -0.2) is 34.3 Å². The number of benzene rings is 2. The summed E-state index contributed by atoms with van der Waals surface area (Å²) in [5, 5.41) is 10.1. The molecular weight excluding hydrogens is 398 g/mol. The molecule has 0 spiro atoms. The fourth-order valence-electron chi connectivity index (χ4n) is 3.28. The molecule has 156 valence electrons. The Kier molecular flexibility index (Phi) is 7.36. The number of carbonyl (C=O) groups excluding carboxylic acids is 2. The van der Waals surface area contributed by atoms with Crippen LogP contribution in [0.1, 0.15) is 30.0 Å². The van der Waals surface area contributed by atoms with Gasteiger partial charge >= 0.3 is 0 Å². The zero-order valence-corrected chi connectivity index (χ0v) is 17.8. The van der Waals surface area contributed by atoms with Gasteiger partial charge in [0.05, 0.1) is 11.5 Å². The fourth-order valence-corrected chi connectivity index (χ4v) is 4.14. The minimum absolute atomic E-state index is 0.0721. The molecule has 1 heterocycles. The summed E-state index contributed by atoms with van der Waals surface area (Å²) in [4.78, 5) is 26.8. The van der Waals surface area contributed by atoms with Gasteiger partial charge in [-0.05, 0) is 67.3 Å². The number of phenols is 1. The van der Waals surface area contributed by atoms with Crippen molar-refractivity contribution in [1.82, 2.24) is 4.90 Å². The summed E-state index contributed by atoms with van der Waals surface area (Å²) in [5.41, 5.74) is 2.54. The lowest BCUT2D eigenvalue weighted by atomic mass is 10.0. The van der Waals surface area contributed by atoms with E-state index in [0.29, 0.717) is 47.8 Å². The summed E-state index contributed by atoms with van der Waals surface area (Å²) in [6.07, 6.45) is 5.36. The van der Waals surface area contributed by atoms with Crippen LogP contribution in [-0.2, 0) is 17.6 Å². The Bertz CT molecular complexity index is 969. The van der Waals surface area contributed by atoms with E-state index < -0.39 is 0 Å². The molecule has 2 amide bonds. The van der Waals surface area contributed by atoms with Crippen LogP contribution in [0.3, 0.4) is 0 Å². The second kappa shape index (κ2) is 10.2. The van der Waals surface area contributed by atoms with Crippen LogP contribution in [0.5, 0.6) is 11.5 Å². The lowest BCUT2D eigenvalue weighted by Crippen LogP contribution is -2.29. The molecule has 2 aromatic rings. The molecule has 0 unspecified atom stereocenters. The Morgan fingerprint density at radius 3 is 2.67 bits per heavy atom. The zero-order chi connectivity index (χ0) is 21.5. The first-order valence-corrected chi connectivity index (χ1v) is 10.7. The molecule has 1 saturated heterocycles. The monoisotopic (exact) mass is 423 g/mol. The van der Waals surface area contributed by atoms with Gasteiger partial charge < -0.3 is 9.84 Å². The number of nitrogens with zero attached hydrogens (tertiary/aromatic N) is 1. The number of hydrogen-bond donors (Lipinski definition) is 1. The van der Waals surface area contributed by atoms with Crippen molar-refractivity contribution >= 4 is 29.0 Å². The normalized spacial score (nSPS) is 15.1. The summed E-state index contributed by atoms with van der Waals surface area (Å²) < 4.78 is 5.51. The van der Waals surface area contributed by atoms with Crippen molar-refractivity contribution in [2.75, 3.05) is 13.2 Å². The SMILES string of the molecule is C=CCc1cc(/C=C2/SC(=O)N(CCCc3ccccc3)C2=O)cc(OCC)c1O. The Hall–Kier alpha value is -2.99. The summed E-state index contributed by atoms with van der Waals surface area (Å²) in [5.74, 6) is 0.141. The molecule has 1 fully saturated rings. The van der Waals surface area contributed by atoms with Gasteiger partial charge in [0.1, 0.15) is 0 Å². The van der Waals surface area contributed by atoms with E-state index in [1.54, 1.807) is 24.3 Å². The third-order valence-corrected chi connectivity index (χ3v) is 5.61. The maximum Gasteiger partial charge on any atom is 0.293 e. The van der Waals surface area contributed by atoms with Crippen LogP contribution >= 0.6 is 11.8 Å². The Morgan fingerprint density at radius 1 is 1.20 bits per heavy atom. The average Bonchev–Trinajstić information content (AvgIpc) is 3.00. The molecule has 0 aromatic heterocycles. The van der Waals surface area contributed by atoms with Crippen molar-refractivity contribution in [3.8, 4) is 11.5 Å². The van der Waals surface area contributed by atoms with Gasteiger partial charge in [0, 0.05) is 12.1 Å². The van der Waals surface area contributed by atoms with Crippen molar-refractivity contribution in [3.05, 3.63) is 76.7 Å². The first kappa shape index (κ1) is 21.7. The minimum Gasteiger partial charge on any atom is -0.504 e. The number of carbonyl (C=O) groups is 2. The predicted octanol–water partition coefficient (Wildman–Crippen LogP) is 5.19. The molecule has 30 heavy (non-hydrogen) atoms. The van der Waals surface area contributed by atoms with Gasteiger partial charge in [0.15, 0.2) is 11.5 Å². The number of phenolic OH excluding ortho intramolecular Hbond substituents is 1. The van der Waals surface area contributed by atoms with Gasteiger partial charge in [-0.3, -0.25) is 14.5 Å². The van der Waals surface area contributed by atoms with Gasteiger partial charge in [0.2, 0.25) is 0 Å². The lowest BCUT2D eigenvalue weighted by Gasteiger charge is -2.12. The molecule has 0 aliphatic carbocycles. The van der Waals surface area contributed by atoms with Crippen molar-refractivity contribution < 1.29 is 19.4 Å². The Labute approximate surface area is 181 Å². The van der Waals surface area contributed by atoms with Gasteiger partial charge in [0.25, 0.3) is 11.1 Å². The highest BCUT2D eigenvalue weighted by molar-refractivity contribution is 8.18. The lowest BCUT2D eigenvalue weighted by molar-refractivity contribution is -0.122. The number of hydrogen-bond acceptors (Lipinski definition) is 5. The van der Waals surface area contributed by atoms with E-state index in [0.717, 1.165) is 18.2 Å². The fraction of sp³-hybridized carbons (Fsp3) is 0.250. The van der Waals surface area contributed by atoms with Gasteiger partial charge in [-0.15, -0.1) is 6.58 Å². The third kappa shape index (κ3) is 5.13. The number of aryl methyl sites for hydroxylation is 1. The first-order chi connectivity index (χ1) is 14.5. The molecule has 0 atom stereocenters. The van der Waals surface area contributed by atoms with E-state index in [1.165, 1.54) is 10.5 Å². The largest absolute Gasteiger partial charge is 0.504 e. The van der Waals surface area contributed by atoms with Crippen molar-refractivity contribution in [2.45, 2.75) is 26.2 Å². The Balaban J connectivity index is 1.75. The van der Waals surface area contributed by atoms with E-state index >= 15 is 0 Å². The van der Waals surface area contributed by atoms with Gasteiger partial charge in [-0.2, -0.15) is 0 Å². The average molecular weight is 424 g/mol. The molecule has 2 aromatic carbocycles. The van der Waals surface area contributed by atoms with E-state index in [9.17, 15) is 14.7 Å². The second-order valence-corrected chi connectivity index (χ2v) is 7.87. The van der Waals surface area contributed by atoms with Crippen molar-refractivity contribution in [3.63, 3.8) is 0 Å². The van der Waals surface area contributed by atoms with Gasteiger partial charge in [-0.1, -0.05) is 36.4 Å². The van der Waals surface area contributed by atoms with E-state index in [1.807, 2.05) is 37.3 Å². The van der Waals surface area contributed by atoms with E-state index in [2.05, 4.69) is 6.58 Å². The molecule has 6 heteroatoms. The van der Waals surface area contributed by atoms with Crippen LogP contribution in [0.2, 0.25) is 0 Å². The number of allylic oxidation sites excluding steroid dienone is 1. The summed E-state index contributed by atoms with van der Waals surface area (Å²) in [6.45, 7) is 6.34. The number of amides is 2. The molecular formula is C24H25NO4S. The maximum absolute atomic E-state index is 12.8. The molecule has 0 saturated carbocycles. The van der Waals surface area contributed by atoms with Crippen molar-refractivity contribution in [1.29, 1.82) is 0 Å². The number of rotatable bonds is 9. The highest BCUT2D eigenvalue weighted by Crippen LogP contribution is 2.36. The highest BCUT2D eigenvalue weighted by atomic mass is 32.2. The summed E-state index contributed by atoms with van der Waals surface area (Å²) >= 11 is 0.941. The number of aromatic hydroxyl groups is 1. The first-order valence-electron chi connectivity index (χ1n) is 9.92. The van der Waals surface area contributed by atoms with Crippen LogP contribution in [0.15, 0.2) is 60.0 Å². The van der Waals surface area contributed by atoms with Gasteiger partial charge in [-0.25, -0.2) is 0 Å². The summed E-state index contributed by atoms with van der Waals surface area (Å²) in [6, 6.07) is 13.5. The smallest absolute Gasteiger partial charge is 0.293 e. The number of ether oxygens (including phenoxy) is 1. The highest BCUT2D eigenvalue weighted by Gasteiger charge is 2.34. The standard InChI is InChI=1S/C24H25NO4S/c1-3-9-19-14-18(15-20(22(19)26)29-4-2)16-21-23(27)25(24(28)30-21)13-8-12-17-10-6-5-7-11-17/h3,5-7,10-11,14-16,26H,1,4,8-9,12-13H2,2H3/b21-16+. The molecule has 5 nitrogen and oxygen atoms in total. The topological polar surface area (TPSA) is 66.8 Å². The third-order valence-electron chi connectivity index (χ3n) is 4.70. The summed E-state index contributed by atoms with van der Waals surface area (Å²) in [7, 11) is 0. The maximum atomic E-state index is 12.8. The van der Waals surface area contributed by atoms with Crippen LogP contribution in [0.25, 0.3) is 6.08 Å². The quantitative estimate of drug-likeness (QED) is 0.444. The van der Waals surface area contributed by atoms with Crippen LogP contribution < -0.4 is 4.74 Å². The van der Waals surface area contributed by atoms with Crippen molar-refractivity contribution in [2.24, 2.45) is 0 Å². The molecule has 0 radical (unpaired) electrons. The minimum atomic E-state index is -0.283. The second-order valence-electron chi connectivity index (χ2n) is 6.88. The Morgan fingerprint density at radius 2 is 1.97 bits per heavy atom. The predicted molar refractivity (Wildman–Crippen MR) is 121 cm³/mol. The molecule has 1 aliphatic rings. The molecule has 3 rings (SSSR count). The number of thioether (sulfide) groups is 1. The molecule has 1 aliphatic heterocycles. The van der Waals surface area contributed by atoms with Crippen LogP contribution in [0.4, 0.5) is 4.79 Å². The molecule has 0 bridgehead atoms. The zero-order valence-electron chi connectivity index (χ0n) is 17.0. The number of imide groups is 1. The van der Waals surface area contributed by atoms with E-state index in [4.69, 9.17) is 4.74 Å². The molecule has 1 N–H and O–H groups in total. The van der Waals surface area contributed by atoms with Crippen LogP contribution in [0, 0.1) is 0 Å². The van der Waals surface area contributed by atoms with E-state index in [-0.39, 0.29) is 16.9 Å².